The lowest BCUT2D eigenvalue weighted by molar-refractivity contribution is 0.594. The van der Waals surface area contributed by atoms with Gasteiger partial charge in [0, 0.05) is 18.2 Å². The average Bonchev–Trinajstić information content (AvgIpc) is 3.19. The van der Waals surface area contributed by atoms with Crippen LogP contribution in [0.2, 0.25) is 5.28 Å². The third kappa shape index (κ3) is 2.57. The number of nitrogens with one attached hydrogen (secondary N) is 1. The van der Waals surface area contributed by atoms with E-state index in [0.29, 0.717) is 28.2 Å². The van der Waals surface area contributed by atoms with Crippen LogP contribution < -0.4 is 9.62 Å². The van der Waals surface area contributed by atoms with Gasteiger partial charge in [-0.25, -0.2) is 13.4 Å². The van der Waals surface area contributed by atoms with Gasteiger partial charge < -0.3 is 5.32 Å². The normalized spacial score (nSPS) is 17.9. The molecule has 2 aliphatic rings. The Balaban J connectivity index is 1.84. The zero-order chi connectivity index (χ0) is 17.1. The summed E-state index contributed by atoms with van der Waals surface area (Å²) < 4.78 is 26.7. The lowest BCUT2D eigenvalue weighted by Crippen LogP contribution is -2.30. The molecule has 24 heavy (non-hydrogen) atoms. The van der Waals surface area contributed by atoms with Crippen LogP contribution in [0.15, 0.2) is 28.9 Å². The van der Waals surface area contributed by atoms with Gasteiger partial charge in [0.05, 0.1) is 22.1 Å². The van der Waals surface area contributed by atoms with Crippen molar-refractivity contribution in [2.45, 2.75) is 18.3 Å². The topological polar surface area (TPSA) is 75.2 Å². The van der Waals surface area contributed by atoms with Crippen molar-refractivity contribution >= 4 is 54.7 Å². The maximum Gasteiger partial charge on any atom is 0.232 e. The Morgan fingerprint density at radius 3 is 2.79 bits per heavy atom. The Bertz CT molecular complexity index is 946. The number of benzene rings is 1. The molecule has 2 heterocycles. The first kappa shape index (κ1) is 16.1. The van der Waals surface area contributed by atoms with Crippen LogP contribution in [0.5, 0.6) is 0 Å². The average molecular weight is 430 g/mol. The fraction of sp³-hybridized carbons (Fsp3) is 0.333. The molecular weight excluding hydrogens is 416 g/mol. The fourth-order valence-electron chi connectivity index (χ4n) is 3.20. The summed E-state index contributed by atoms with van der Waals surface area (Å²) in [5.41, 5.74) is 2.45. The van der Waals surface area contributed by atoms with Crippen LogP contribution in [0.4, 0.5) is 17.2 Å². The van der Waals surface area contributed by atoms with Crippen molar-refractivity contribution < 1.29 is 8.42 Å². The second-order valence-electron chi connectivity index (χ2n) is 6.21. The van der Waals surface area contributed by atoms with E-state index in [1.807, 2.05) is 18.2 Å². The van der Waals surface area contributed by atoms with Gasteiger partial charge in [0.1, 0.15) is 5.82 Å². The number of sulfonamides is 1. The van der Waals surface area contributed by atoms with Crippen LogP contribution in [0.1, 0.15) is 18.4 Å². The van der Waals surface area contributed by atoms with Gasteiger partial charge in [0.2, 0.25) is 15.3 Å². The molecule has 0 unspecified atom stereocenters. The summed E-state index contributed by atoms with van der Waals surface area (Å²) in [7, 11) is -3.36. The molecule has 2 aromatic rings. The van der Waals surface area contributed by atoms with Crippen molar-refractivity contribution in [1.82, 2.24) is 9.97 Å². The van der Waals surface area contributed by atoms with Crippen LogP contribution >= 0.6 is 27.5 Å². The summed E-state index contributed by atoms with van der Waals surface area (Å²) in [6.07, 6.45) is 4.82. The Labute approximate surface area is 153 Å². The van der Waals surface area contributed by atoms with E-state index in [0.717, 1.165) is 18.4 Å². The van der Waals surface area contributed by atoms with E-state index in [1.54, 1.807) is 6.20 Å². The van der Waals surface area contributed by atoms with Gasteiger partial charge in [-0.3, -0.25) is 4.31 Å². The van der Waals surface area contributed by atoms with E-state index >= 15 is 0 Å². The quantitative estimate of drug-likeness (QED) is 0.756. The predicted molar refractivity (Wildman–Crippen MR) is 97.6 cm³/mol. The van der Waals surface area contributed by atoms with Crippen LogP contribution in [-0.2, 0) is 15.4 Å². The standard InChI is InChI=1S/C15H14BrClN4O2S/c1-24(22,23)21-8-15(5-6-15)9-3-2-4-11(12(9)21)19-13-10(16)7-18-14(17)20-13/h2-4,7H,5-6,8H2,1H3,(H,18,19,20). The number of aromatic nitrogens is 2. The largest absolute Gasteiger partial charge is 0.337 e. The van der Waals surface area contributed by atoms with Crippen molar-refractivity contribution in [3.63, 3.8) is 0 Å². The third-order valence-electron chi connectivity index (χ3n) is 4.52. The van der Waals surface area contributed by atoms with E-state index in [-0.39, 0.29) is 10.7 Å². The molecule has 9 heteroatoms. The van der Waals surface area contributed by atoms with Gasteiger partial charge in [-0.2, -0.15) is 4.98 Å². The van der Waals surface area contributed by atoms with E-state index in [9.17, 15) is 8.42 Å². The molecule has 0 saturated heterocycles. The summed E-state index contributed by atoms with van der Waals surface area (Å²) in [5, 5.41) is 3.31. The molecule has 1 fully saturated rings. The number of rotatable bonds is 3. The molecule has 1 spiro atoms. The minimum Gasteiger partial charge on any atom is -0.337 e. The molecule has 1 aromatic carbocycles. The Hall–Kier alpha value is -1.38. The highest BCUT2D eigenvalue weighted by Crippen LogP contribution is 2.59. The molecule has 0 radical (unpaired) electrons. The zero-order valence-corrected chi connectivity index (χ0v) is 15.9. The number of para-hydroxylation sites is 1. The molecule has 1 saturated carbocycles. The second-order valence-corrected chi connectivity index (χ2v) is 9.31. The summed E-state index contributed by atoms with van der Waals surface area (Å²) >= 11 is 9.25. The monoisotopic (exact) mass is 428 g/mol. The first-order chi connectivity index (χ1) is 11.3. The van der Waals surface area contributed by atoms with Gasteiger partial charge in [-0.15, -0.1) is 0 Å². The van der Waals surface area contributed by atoms with Gasteiger partial charge >= 0.3 is 0 Å². The SMILES string of the molecule is CS(=O)(=O)N1CC2(CC2)c2cccc(Nc3nc(Cl)ncc3Br)c21. The fourth-order valence-corrected chi connectivity index (χ4v) is 4.64. The number of fused-ring (bicyclic) bond motifs is 2. The molecule has 0 atom stereocenters. The molecule has 0 amide bonds. The van der Waals surface area contributed by atoms with Crippen LogP contribution in [0.3, 0.4) is 0 Å². The predicted octanol–water partition coefficient (Wildman–Crippen LogP) is 3.45. The first-order valence-electron chi connectivity index (χ1n) is 7.36. The Morgan fingerprint density at radius 1 is 1.38 bits per heavy atom. The van der Waals surface area contributed by atoms with Crippen LogP contribution in [-0.4, -0.2) is 31.2 Å². The van der Waals surface area contributed by atoms with Gasteiger partial charge in [-0.05, 0) is 52.0 Å². The van der Waals surface area contributed by atoms with E-state index in [1.165, 1.54) is 10.6 Å². The zero-order valence-electron chi connectivity index (χ0n) is 12.8. The maximum absolute atomic E-state index is 12.3. The van der Waals surface area contributed by atoms with E-state index < -0.39 is 10.0 Å². The maximum atomic E-state index is 12.3. The third-order valence-corrected chi connectivity index (χ3v) is 6.40. The molecule has 6 nitrogen and oxygen atoms in total. The van der Waals surface area contributed by atoms with Gasteiger partial charge in [-0.1, -0.05) is 12.1 Å². The summed E-state index contributed by atoms with van der Waals surface area (Å²) in [4.78, 5) is 8.06. The minimum absolute atomic E-state index is 0.0311. The Kier molecular flexibility index (Phi) is 3.56. The van der Waals surface area contributed by atoms with Crippen molar-refractivity contribution in [3.05, 3.63) is 39.7 Å². The smallest absolute Gasteiger partial charge is 0.232 e. The van der Waals surface area contributed by atoms with Gasteiger partial charge in [0.15, 0.2) is 0 Å². The number of hydrogen-bond donors (Lipinski definition) is 1. The highest BCUT2D eigenvalue weighted by atomic mass is 79.9. The number of halogens is 2. The van der Waals surface area contributed by atoms with E-state index in [4.69, 9.17) is 11.6 Å². The molecule has 126 valence electrons. The lowest BCUT2D eigenvalue weighted by Gasteiger charge is -2.20. The first-order valence-corrected chi connectivity index (χ1v) is 10.4. The summed E-state index contributed by atoms with van der Waals surface area (Å²) in [6, 6.07) is 5.80. The number of anilines is 3. The number of hydrogen-bond acceptors (Lipinski definition) is 5. The molecule has 1 aromatic heterocycles. The summed E-state index contributed by atoms with van der Waals surface area (Å²) in [5.74, 6) is 0.494. The molecular formula is C15H14BrClN4O2S. The van der Waals surface area contributed by atoms with Crippen LogP contribution in [0.25, 0.3) is 0 Å². The molecule has 0 bridgehead atoms. The van der Waals surface area contributed by atoms with Crippen molar-refractivity contribution in [2.75, 3.05) is 22.4 Å². The molecule has 1 aliphatic heterocycles. The van der Waals surface area contributed by atoms with Crippen molar-refractivity contribution in [2.24, 2.45) is 0 Å². The molecule has 4 rings (SSSR count). The van der Waals surface area contributed by atoms with Crippen molar-refractivity contribution in [1.29, 1.82) is 0 Å². The van der Waals surface area contributed by atoms with Crippen molar-refractivity contribution in [3.8, 4) is 0 Å². The highest BCUT2D eigenvalue weighted by Gasteiger charge is 2.54. The van der Waals surface area contributed by atoms with E-state index in [2.05, 4.69) is 31.2 Å². The second kappa shape index (κ2) is 5.31. The lowest BCUT2D eigenvalue weighted by atomic mass is 9.98. The van der Waals surface area contributed by atoms with Gasteiger partial charge in [0.25, 0.3) is 0 Å². The minimum atomic E-state index is -3.36. The Morgan fingerprint density at radius 2 is 2.12 bits per heavy atom. The molecule has 1 N–H and O–H groups in total. The van der Waals surface area contributed by atoms with Crippen LogP contribution in [0, 0.1) is 0 Å². The summed E-state index contributed by atoms with van der Waals surface area (Å²) in [6.45, 7) is 0.506. The highest BCUT2D eigenvalue weighted by molar-refractivity contribution is 9.10. The molecule has 1 aliphatic carbocycles. The number of nitrogens with zero attached hydrogens (tertiary/aromatic N) is 3.